The summed E-state index contributed by atoms with van der Waals surface area (Å²) in [5, 5.41) is 76.3. The fraction of sp³-hybridized carbons (Fsp3) is 0.147. The lowest BCUT2D eigenvalue weighted by molar-refractivity contribution is -0.387. The van der Waals surface area contributed by atoms with Crippen LogP contribution >= 0.6 is 0 Å². The Bertz CT molecular complexity index is 3400. The van der Waals surface area contributed by atoms with Gasteiger partial charge in [-0.3, -0.25) is 33.1 Å². The number of rotatable bonds is 18. The van der Waals surface area contributed by atoms with Crippen LogP contribution in [0.3, 0.4) is 0 Å². The summed E-state index contributed by atoms with van der Waals surface area (Å²) in [5.41, 5.74) is -5.51. The molecule has 0 fully saturated rings. The maximum absolute atomic E-state index is 12.7. The topological polar surface area (TPSA) is 463 Å². The number of ether oxygens (including phenoxy) is 2. The van der Waals surface area contributed by atoms with Gasteiger partial charge in [-0.05, 0) is 47.9 Å². The van der Waals surface area contributed by atoms with Gasteiger partial charge in [-0.2, -0.15) is 38.8 Å². The summed E-state index contributed by atoms with van der Waals surface area (Å²) in [4.78, 5) is 17.2. The van der Waals surface area contributed by atoms with Crippen molar-refractivity contribution in [3.63, 3.8) is 0 Å². The van der Waals surface area contributed by atoms with Gasteiger partial charge in [0.05, 0.1) is 29.2 Å². The van der Waals surface area contributed by atoms with Crippen molar-refractivity contribution in [2.24, 2.45) is 30.7 Å². The van der Waals surface area contributed by atoms with E-state index in [0.29, 0.717) is 24.3 Å². The Kier molecular flexibility index (Phi) is 14.9. The molecule has 0 spiro atoms. The second kappa shape index (κ2) is 19.7. The van der Waals surface area contributed by atoms with Gasteiger partial charge in [-0.15, -0.1) is 25.6 Å². The van der Waals surface area contributed by atoms with Crippen molar-refractivity contribution in [2.75, 3.05) is 31.7 Å². The number of carbonyl (C=O) groups excluding carboxylic acids is 1. The zero-order valence-electron chi connectivity index (χ0n) is 33.3. The van der Waals surface area contributed by atoms with E-state index < -0.39 is 154 Å². The van der Waals surface area contributed by atoms with Crippen molar-refractivity contribution in [3.8, 4) is 23.0 Å². The standard InChI is InChI=1S/C34H30N8O21S4/c1-16(45)35-18-2-4-20(27(13-18)65(53,54)55)37-38-21-14-25(63-9-7-44)22(15-24(21)62-8-6-43)39-41-32-29(67(59,60)61)11-17-10-28(66(56,57)58)31(33(46)30(17)34(32)47)40-36-19-3-5-26(64(50,51)52)23(12-19)42(48)49/h2-5,10-15,43-44,46-47H,6-9H2,1H3,(H,35,45)(H,50,51,52)(H,53,54,55)(H,56,57,58)(H,59,60,61). The van der Waals surface area contributed by atoms with Crippen molar-refractivity contribution in [3.05, 3.63) is 70.8 Å². The van der Waals surface area contributed by atoms with E-state index in [0.717, 1.165) is 37.3 Å². The molecular formula is C34H30N8O21S4. The molecule has 67 heavy (non-hydrogen) atoms. The molecule has 0 unspecified atom stereocenters. The fourth-order valence-electron chi connectivity index (χ4n) is 5.62. The maximum Gasteiger partial charge on any atom is 0.301 e. The smallest absolute Gasteiger partial charge is 0.301 e. The Morgan fingerprint density at radius 3 is 1.52 bits per heavy atom. The summed E-state index contributed by atoms with van der Waals surface area (Å²) < 4.78 is 148. The number of nitro groups is 1. The number of hydrogen-bond donors (Lipinski definition) is 9. The summed E-state index contributed by atoms with van der Waals surface area (Å²) in [6.45, 7) is -1.04. The first-order valence-corrected chi connectivity index (χ1v) is 23.5. The monoisotopic (exact) mass is 1010 g/mol. The molecule has 0 aliphatic rings. The Balaban J connectivity index is 1.72. The van der Waals surface area contributed by atoms with Gasteiger partial charge in [0.25, 0.3) is 36.0 Å². The number of anilines is 1. The summed E-state index contributed by atoms with van der Waals surface area (Å²) >= 11 is 0. The van der Waals surface area contributed by atoms with E-state index in [4.69, 9.17) is 9.47 Å². The van der Waals surface area contributed by atoms with E-state index in [-0.39, 0.29) is 22.9 Å². The van der Waals surface area contributed by atoms with E-state index in [1.165, 1.54) is 6.07 Å². The van der Waals surface area contributed by atoms with Crippen LogP contribution in [0.25, 0.3) is 10.8 Å². The van der Waals surface area contributed by atoms with Gasteiger partial charge < -0.3 is 35.2 Å². The maximum atomic E-state index is 12.7. The van der Waals surface area contributed by atoms with Gasteiger partial charge in [-0.1, -0.05) is 0 Å². The van der Waals surface area contributed by atoms with Crippen LogP contribution in [0, 0.1) is 10.1 Å². The number of nitrogens with zero attached hydrogens (tertiary/aromatic N) is 7. The molecule has 0 saturated heterocycles. The number of nitro benzene ring substituents is 1. The number of azo groups is 3. The first-order chi connectivity index (χ1) is 31.1. The molecule has 0 aromatic heterocycles. The number of fused-ring (bicyclic) bond motifs is 1. The second-order valence-electron chi connectivity index (χ2n) is 12.9. The number of aliphatic hydroxyl groups is 2. The summed E-state index contributed by atoms with van der Waals surface area (Å²) in [5.74, 6) is -4.08. The van der Waals surface area contributed by atoms with Crippen molar-refractivity contribution < 1.29 is 91.5 Å². The summed E-state index contributed by atoms with van der Waals surface area (Å²) in [6, 6.07) is 7.81. The van der Waals surface area contributed by atoms with Gasteiger partial charge in [-0.25, -0.2) is 0 Å². The average Bonchev–Trinajstić information content (AvgIpc) is 3.22. The van der Waals surface area contributed by atoms with Gasteiger partial charge >= 0.3 is 10.1 Å². The van der Waals surface area contributed by atoms with Crippen LogP contribution in [0.15, 0.2) is 111 Å². The quantitative estimate of drug-likeness (QED) is 0.0239. The number of carbonyl (C=O) groups is 1. The Labute approximate surface area is 375 Å². The van der Waals surface area contributed by atoms with E-state index in [9.17, 15) is 87.2 Å². The molecule has 9 N–H and O–H groups in total. The Morgan fingerprint density at radius 1 is 0.612 bits per heavy atom. The largest absolute Gasteiger partial charge is 0.505 e. The van der Waals surface area contributed by atoms with Crippen LogP contribution in [0.4, 0.5) is 45.5 Å². The Hall–Kier alpha value is -7.21. The van der Waals surface area contributed by atoms with Crippen LogP contribution in [0.2, 0.25) is 0 Å². The van der Waals surface area contributed by atoms with Crippen molar-refractivity contribution in [1.29, 1.82) is 0 Å². The molecular weight excluding hydrogens is 985 g/mol. The van der Waals surface area contributed by atoms with Crippen molar-refractivity contribution in [2.45, 2.75) is 26.5 Å². The SMILES string of the molecule is CC(=O)Nc1ccc(N=Nc2cc(OCCO)c(N=Nc3c(S(=O)(=O)O)cc4cc(S(=O)(=O)O)c(N=Nc5ccc(S(=O)(=O)O)c([N+](=O)[O-])c5)c(O)c4c3O)cc2OCCO)c(S(=O)(=O)O)c1. The minimum absolute atomic E-state index is 0.0432. The van der Waals surface area contributed by atoms with E-state index in [2.05, 4.69) is 36.0 Å². The molecule has 29 nitrogen and oxygen atoms in total. The number of benzene rings is 5. The molecule has 0 aliphatic heterocycles. The molecule has 5 aromatic carbocycles. The first kappa shape index (κ1) is 50.8. The predicted octanol–water partition coefficient (Wildman–Crippen LogP) is 5.09. The molecule has 0 radical (unpaired) electrons. The number of aliphatic hydroxyl groups excluding tert-OH is 2. The third-order valence-electron chi connectivity index (χ3n) is 8.31. The summed E-state index contributed by atoms with van der Waals surface area (Å²) in [7, 11) is -21.1. The van der Waals surface area contributed by atoms with Gasteiger partial charge in [0.1, 0.15) is 67.8 Å². The third-order valence-corrected chi connectivity index (χ3v) is 11.8. The van der Waals surface area contributed by atoms with E-state index in [1.807, 2.05) is 0 Å². The Morgan fingerprint density at radius 2 is 1.07 bits per heavy atom. The highest BCUT2D eigenvalue weighted by Gasteiger charge is 2.30. The second-order valence-corrected chi connectivity index (χ2v) is 18.5. The highest BCUT2D eigenvalue weighted by molar-refractivity contribution is 7.86. The molecule has 0 bridgehead atoms. The number of nitrogens with one attached hydrogen (secondary N) is 1. The van der Waals surface area contributed by atoms with Crippen LogP contribution < -0.4 is 14.8 Å². The molecule has 1 amide bonds. The number of amides is 1. The van der Waals surface area contributed by atoms with Crippen LogP contribution in [-0.4, -0.2) is 110 Å². The fourth-order valence-corrected chi connectivity index (χ4v) is 8.22. The molecule has 5 rings (SSSR count). The zero-order chi connectivity index (χ0) is 49.8. The van der Waals surface area contributed by atoms with E-state index in [1.54, 1.807) is 0 Å². The number of phenols is 2. The van der Waals surface area contributed by atoms with Gasteiger partial charge in [0, 0.05) is 30.8 Å². The van der Waals surface area contributed by atoms with Gasteiger partial charge in [0.15, 0.2) is 16.4 Å². The normalized spacial score (nSPS) is 12.6. The predicted molar refractivity (Wildman–Crippen MR) is 225 cm³/mol. The molecule has 0 saturated carbocycles. The van der Waals surface area contributed by atoms with Crippen LogP contribution in [0.5, 0.6) is 23.0 Å². The molecule has 5 aromatic rings. The third kappa shape index (κ3) is 12.0. The van der Waals surface area contributed by atoms with Crippen molar-refractivity contribution in [1.82, 2.24) is 0 Å². The number of phenolic OH excluding ortho intramolecular Hbond substituents is 2. The molecule has 356 valence electrons. The lowest BCUT2D eigenvalue weighted by Gasteiger charge is -2.14. The number of hydrogen-bond acceptors (Lipinski definition) is 23. The first-order valence-electron chi connectivity index (χ1n) is 17.7. The molecule has 33 heteroatoms. The molecule has 0 aliphatic carbocycles. The van der Waals surface area contributed by atoms with Crippen LogP contribution in [-0.2, 0) is 45.3 Å². The van der Waals surface area contributed by atoms with Crippen LogP contribution in [0.1, 0.15) is 6.92 Å². The zero-order valence-corrected chi connectivity index (χ0v) is 36.5. The average molecular weight is 1010 g/mol. The molecule has 0 atom stereocenters. The minimum atomic E-state index is -5.49. The highest BCUT2D eigenvalue weighted by atomic mass is 32.2. The summed E-state index contributed by atoms with van der Waals surface area (Å²) in [6.07, 6.45) is 0. The lowest BCUT2D eigenvalue weighted by Crippen LogP contribution is -2.07. The molecule has 0 heterocycles. The number of aromatic hydroxyl groups is 2. The lowest BCUT2D eigenvalue weighted by atomic mass is 10.1. The van der Waals surface area contributed by atoms with Crippen molar-refractivity contribution >= 4 is 103 Å². The van der Waals surface area contributed by atoms with Gasteiger partial charge in [0.2, 0.25) is 5.91 Å². The van der Waals surface area contributed by atoms with E-state index >= 15 is 0 Å². The highest BCUT2D eigenvalue weighted by Crippen LogP contribution is 2.51. The minimum Gasteiger partial charge on any atom is -0.505 e.